The van der Waals surface area contributed by atoms with Gasteiger partial charge < -0.3 is 13.9 Å². The van der Waals surface area contributed by atoms with Crippen molar-refractivity contribution in [1.29, 1.82) is 0 Å². The van der Waals surface area contributed by atoms with Gasteiger partial charge in [-0.3, -0.25) is 4.79 Å². The Morgan fingerprint density at radius 1 is 1.16 bits per heavy atom. The molecule has 1 aromatic heterocycles. The summed E-state index contributed by atoms with van der Waals surface area (Å²) < 4.78 is 43.0. The number of esters is 1. The van der Waals surface area contributed by atoms with Crippen LogP contribution in [0, 0.1) is 0 Å². The fraction of sp³-hybridized carbons (Fsp3) is 0.286. The van der Waals surface area contributed by atoms with E-state index in [4.69, 9.17) is 25.5 Å². The molecule has 0 amide bonds. The summed E-state index contributed by atoms with van der Waals surface area (Å²) in [4.78, 5) is 12.7. The van der Waals surface area contributed by atoms with Crippen LogP contribution in [0.2, 0.25) is 5.02 Å². The summed E-state index contributed by atoms with van der Waals surface area (Å²) in [6.45, 7) is -0.0276. The zero-order chi connectivity index (χ0) is 22.7. The third kappa shape index (κ3) is 4.62. The molecule has 1 fully saturated rings. The van der Waals surface area contributed by atoms with Crippen LogP contribution in [-0.2, 0) is 26.2 Å². The molecule has 168 valence electrons. The Morgan fingerprint density at radius 2 is 1.88 bits per heavy atom. The minimum Gasteiger partial charge on any atom is -0.497 e. The standard InChI is InChI=1S/C21H20ClN3O6S/c1-29-16-8-4-14(5-9-16)20-24-23-19(31-20)13-30-21(26)18-3-2-12-25(18)32(27,28)17-10-6-15(22)7-11-17/h4-11,18H,2-3,12-13H2,1H3. The smallest absolute Gasteiger partial charge is 0.324 e. The minimum absolute atomic E-state index is 0.0719. The zero-order valence-electron chi connectivity index (χ0n) is 17.1. The molecule has 1 saturated heterocycles. The van der Waals surface area contributed by atoms with Gasteiger partial charge in [0, 0.05) is 17.1 Å². The van der Waals surface area contributed by atoms with Gasteiger partial charge in [0.25, 0.3) is 5.89 Å². The van der Waals surface area contributed by atoms with E-state index < -0.39 is 22.0 Å². The highest BCUT2D eigenvalue weighted by atomic mass is 35.5. The molecule has 1 atom stereocenters. The number of sulfonamides is 1. The Hall–Kier alpha value is -2.95. The van der Waals surface area contributed by atoms with Gasteiger partial charge in [-0.05, 0) is 61.4 Å². The van der Waals surface area contributed by atoms with Crippen LogP contribution in [-0.4, -0.2) is 48.6 Å². The van der Waals surface area contributed by atoms with Gasteiger partial charge in [0.05, 0.1) is 12.0 Å². The fourth-order valence-electron chi connectivity index (χ4n) is 3.40. The largest absolute Gasteiger partial charge is 0.497 e. The summed E-state index contributed by atoms with van der Waals surface area (Å²) in [5.41, 5.74) is 0.687. The van der Waals surface area contributed by atoms with E-state index in [0.717, 1.165) is 4.31 Å². The van der Waals surface area contributed by atoms with Crippen molar-refractivity contribution in [3.8, 4) is 17.2 Å². The van der Waals surface area contributed by atoms with E-state index in [1.54, 1.807) is 31.4 Å². The fourth-order valence-corrected chi connectivity index (χ4v) is 5.17. The van der Waals surface area contributed by atoms with E-state index in [0.29, 0.717) is 29.2 Å². The predicted molar refractivity (Wildman–Crippen MR) is 114 cm³/mol. The molecule has 9 nitrogen and oxygen atoms in total. The Kier molecular flexibility index (Phi) is 6.45. The Bertz CT molecular complexity index is 1200. The molecule has 0 bridgehead atoms. The molecule has 32 heavy (non-hydrogen) atoms. The Morgan fingerprint density at radius 3 is 2.56 bits per heavy atom. The van der Waals surface area contributed by atoms with Gasteiger partial charge >= 0.3 is 5.97 Å². The summed E-state index contributed by atoms with van der Waals surface area (Å²) in [6, 6.07) is 11.9. The van der Waals surface area contributed by atoms with Crippen LogP contribution >= 0.6 is 11.6 Å². The first-order valence-corrected chi connectivity index (χ1v) is 11.6. The van der Waals surface area contributed by atoms with Gasteiger partial charge in [-0.1, -0.05) is 11.6 Å². The third-order valence-corrected chi connectivity index (χ3v) is 7.21. The number of aromatic nitrogens is 2. The molecule has 0 aliphatic carbocycles. The van der Waals surface area contributed by atoms with E-state index in [2.05, 4.69) is 10.2 Å². The van der Waals surface area contributed by atoms with E-state index in [9.17, 15) is 13.2 Å². The van der Waals surface area contributed by atoms with Gasteiger partial charge in [0.2, 0.25) is 15.9 Å². The number of ether oxygens (including phenoxy) is 2. The summed E-state index contributed by atoms with van der Waals surface area (Å²) >= 11 is 5.85. The molecule has 1 aliphatic heterocycles. The van der Waals surface area contributed by atoms with Crippen molar-refractivity contribution < 1.29 is 27.1 Å². The van der Waals surface area contributed by atoms with E-state index in [1.165, 1.54) is 24.3 Å². The molecule has 1 aliphatic rings. The lowest BCUT2D eigenvalue weighted by Crippen LogP contribution is -2.41. The SMILES string of the molecule is COc1ccc(-c2nnc(COC(=O)C3CCCN3S(=O)(=O)c3ccc(Cl)cc3)o2)cc1. The second kappa shape index (κ2) is 9.27. The quantitative estimate of drug-likeness (QED) is 0.476. The van der Waals surface area contributed by atoms with Crippen molar-refractivity contribution in [1.82, 2.24) is 14.5 Å². The molecule has 0 radical (unpaired) electrons. The summed E-state index contributed by atoms with van der Waals surface area (Å²) in [5, 5.41) is 8.27. The van der Waals surface area contributed by atoms with Crippen LogP contribution in [0.3, 0.4) is 0 Å². The monoisotopic (exact) mass is 477 g/mol. The maximum atomic E-state index is 13.0. The van der Waals surface area contributed by atoms with Crippen LogP contribution in [0.25, 0.3) is 11.5 Å². The number of hydrogen-bond acceptors (Lipinski definition) is 8. The molecule has 0 spiro atoms. The van der Waals surface area contributed by atoms with E-state index >= 15 is 0 Å². The molecular formula is C21H20ClN3O6S. The summed E-state index contributed by atoms with van der Waals surface area (Å²) in [5.74, 6) is 0.405. The molecule has 2 heterocycles. The summed E-state index contributed by atoms with van der Waals surface area (Å²) in [7, 11) is -2.29. The number of methoxy groups -OCH3 is 1. The average molecular weight is 478 g/mol. The number of benzene rings is 2. The van der Waals surface area contributed by atoms with Crippen molar-refractivity contribution in [2.45, 2.75) is 30.4 Å². The Balaban J connectivity index is 1.41. The first-order chi connectivity index (χ1) is 15.4. The molecule has 11 heteroatoms. The molecule has 2 aromatic carbocycles. The maximum absolute atomic E-state index is 13.0. The van der Waals surface area contributed by atoms with Crippen LogP contribution in [0.1, 0.15) is 18.7 Å². The van der Waals surface area contributed by atoms with Crippen LogP contribution in [0.5, 0.6) is 5.75 Å². The van der Waals surface area contributed by atoms with Crippen molar-refractivity contribution in [2.24, 2.45) is 0 Å². The molecule has 0 saturated carbocycles. The lowest BCUT2D eigenvalue weighted by atomic mass is 10.2. The van der Waals surface area contributed by atoms with Gasteiger partial charge in [-0.2, -0.15) is 4.31 Å². The van der Waals surface area contributed by atoms with Crippen LogP contribution < -0.4 is 4.74 Å². The second-order valence-electron chi connectivity index (χ2n) is 7.06. The zero-order valence-corrected chi connectivity index (χ0v) is 18.7. The molecule has 0 N–H and O–H groups in total. The van der Waals surface area contributed by atoms with Crippen molar-refractivity contribution >= 4 is 27.6 Å². The number of hydrogen-bond donors (Lipinski definition) is 0. The number of carbonyl (C=O) groups excluding carboxylic acids is 1. The maximum Gasteiger partial charge on any atom is 0.324 e. The van der Waals surface area contributed by atoms with Crippen molar-refractivity contribution in [2.75, 3.05) is 13.7 Å². The lowest BCUT2D eigenvalue weighted by Gasteiger charge is -2.22. The van der Waals surface area contributed by atoms with Crippen molar-refractivity contribution in [3.63, 3.8) is 0 Å². The third-order valence-electron chi connectivity index (χ3n) is 5.04. The number of halogens is 1. The van der Waals surface area contributed by atoms with Gasteiger partial charge in [0.15, 0.2) is 6.61 Å². The Labute approximate surface area is 190 Å². The first kappa shape index (κ1) is 22.3. The van der Waals surface area contributed by atoms with Gasteiger partial charge in [-0.25, -0.2) is 8.42 Å². The van der Waals surface area contributed by atoms with Crippen LogP contribution in [0.4, 0.5) is 0 Å². The van der Waals surface area contributed by atoms with Gasteiger partial charge in [0.1, 0.15) is 11.8 Å². The lowest BCUT2D eigenvalue weighted by molar-refractivity contribution is -0.149. The van der Waals surface area contributed by atoms with E-state index in [1.807, 2.05) is 0 Å². The highest BCUT2D eigenvalue weighted by molar-refractivity contribution is 7.89. The van der Waals surface area contributed by atoms with E-state index in [-0.39, 0.29) is 29.8 Å². The minimum atomic E-state index is -3.86. The average Bonchev–Trinajstić information content (AvgIpc) is 3.48. The highest BCUT2D eigenvalue weighted by Gasteiger charge is 2.40. The molecule has 1 unspecified atom stereocenters. The van der Waals surface area contributed by atoms with Crippen molar-refractivity contribution in [3.05, 3.63) is 59.4 Å². The summed E-state index contributed by atoms with van der Waals surface area (Å²) in [6.07, 6.45) is 0.918. The first-order valence-electron chi connectivity index (χ1n) is 9.79. The predicted octanol–water partition coefficient (Wildman–Crippen LogP) is 3.30. The molecular weight excluding hydrogens is 458 g/mol. The number of rotatable bonds is 7. The highest BCUT2D eigenvalue weighted by Crippen LogP contribution is 2.28. The topological polar surface area (TPSA) is 112 Å². The molecule has 3 aromatic rings. The van der Waals surface area contributed by atoms with Crippen LogP contribution in [0.15, 0.2) is 57.8 Å². The molecule has 4 rings (SSSR count). The second-order valence-corrected chi connectivity index (χ2v) is 9.39. The number of carbonyl (C=O) groups is 1. The van der Waals surface area contributed by atoms with Gasteiger partial charge in [-0.15, -0.1) is 10.2 Å². The normalized spacial score (nSPS) is 16.8. The number of nitrogens with zero attached hydrogens (tertiary/aromatic N) is 3.